The molecule has 3 aromatic rings. The second kappa shape index (κ2) is 11.3. The number of aromatic nitrogens is 1. The van der Waals surface area contributed by atoms with E-state index in [0.29, 0.717) is 48.9 Å². The Hall–Kier alpha value is -3.43. The Morgan fingerprint density at radius 3 is 2.46 bits per heavy atom. The van der Waals surface area contributed by atoms with Crippen molar-refractivity contribution in [2.45, 2.75) is 39.2 Å². The zero-order valence-corrected chi connectivity index (χ0v) is 20.8. The third-order valence-corrected chi connectivity index (χ3v) is 6.28. The fraction of sp³-hybridized carbons (Fsp3) is 0.346. The number of nitrogens with one attached hydrogen (secondary N) is 1. The third kappa shape index (κ3) is 6.37. The minimum atomic E-state index is -0.231. The maximum absolute atomic E-state index is 12.8. The van der Waals surface area contributed by atoms with Gasteiger partial charge >= 0.3 is 0 Å². The van der Waals surface area contributed by atoms with Crippen molar-refractivity contribution >= 4 is 23.2 Å². The smallest absolute Gasteiger partial charge is 0.254 e. The Labute approximate surface area is 208 Å². The highest BCUT2D eigenvalue weighted by atomic mass is 32.1. The normalized spacial score (nSPS) is 17.6. The van der Waals surface area contributed by atoms with Crippen LogP contribution in [0.25, 0.3) is 0 Å². The van der Waals surface area contributed by atoms with Crippen LogP contribution in [-0.2, 0) is 17.9 Å². The molecule has 9 heteroatoms. The van der Waals surface area contributed by atoms with Gasteiger partial charge in [0.05, 0.1) is 30.5 Å². The van der Waals surface area contributed by atoms with Crippen LogP contribution in [0.3, 0.4) is 0 Å². The summed E-state index contributed by atoms with van der Waals surface area (Å²) in [5.41, 5.74) is 4.57. The van der Waals surface area contributed by atoms with Crippen LogP contribution in [0, 0.1) is 0 Å². The van der Waals surface area contributed by atoms with Crippen molar-refractivity contribution in [3.8, 4) is 11.5 Å². The van der Waals surface area contributed by atoms with Crippen LogP contribution in [0.4, 0.5) is 0 Å². The van der Waals surface area contributed by atoms with E-state index < -0.39 is 0 Å². The average molecular weight is 496 g/mol. The van der Waals surface area contributed by atoms with Crippen molar-refractivity contribution in [2.75, 3.05) is 20.2 Å². The molecule has 1 aliphatic heterocycles. The van der Waals surface area contributed by atoms with Gasteiger partial charge in [0.1, 0.15) is 6.61 Å². The molecule has 0 bridgehead atoms. The van der Waals surface area contributed by atoms with Gasteiger partial charge in [0.15, 0.2) is 11.5 Å². The summed E-state index contributed by atoms with van der Waals surface area (Å²) in [6.07, 6.45) is 0.0452. The molecule has 0 aliphatic carbocycles. The number of ether oxygens (including phenoxy) is 3. The molecular formula is C26H29N3O5S. The summed E-state index contributed by atoms with van der Waals surface area (Å²) in [5, 5.41) is 4.83. The molecule has 2 heterocycles. The number of nitrogens with zero attached hydrogens (tertiary/aromatic N) is 2. The number of hydrogen-bond donors (Lipinski definition) is 1. The predicted octanol–water partition coefficient (Wildman–Crippen LogP) is 3.91. The van der Waals surface area contributed by atoms with E-state index in [1.54, 1.807) is 35.8 Å². The van der Waals surface area contributed by atoms with Gasteiger partial charge in [-0.3, -0.25) is 9.59 Å². The van der Waals surface area contributed by atoms with E-state index in [1.807, 2.05) is 36.3 Å². The number of rotatable bonds is 8. The maximum Gasteiger partial charge on any atom is 0.254 e. The van der Waals surface area contributed by atoms with Crippen molar-refractivity contribution in [2.24, 2.45) is 0 Å². The summed E-state index contributed by atoms with van der Waals surface area (Å²) in [6.45, 7) is 5.77. The van der Waals surface area contributed by atoms with E-state index in [9.17, 15) is 9.59 Å². The number of morpholine rings is 1. The SMILES string of the molecule is COc1cc(C(=O)NCc2ccc(C(=O)N3CC(C)OC(C)C3)cc2)ccc1OCc1cscn1. The van der Waals surface area contributed by atoms with Crippen molar-refractivity contribution in [3.05, 3.63) is 75.7 Å². The van der Waals surface area contributed by atoms with Crippen LogP contribution >= 0.6 is 11.3 Å². The zero-order chi connectivity index (χ0) is 24.8. The van der Waals surface area contributed by atoms with Crippen LogP contribution in [-0.4, -0.2) is 54.1 Å². The summed E-state index contributed by atoms with van der Waals surface area (Å²) in [4.78, 5) is 31.5. The van der Waals surface area contributed by atoms with Gasteiger partial charge in [-0.2, -0.15) is 0 Å². The van der Waals surface area contributed by atoms with Crippen LogP contribution in [0.15, 0.2) is 53.4 Å². The van der Waals surface area contributed by atoms with Gasteiger partial charge in [0, 0.05) is 36.1 Å². The summed E-state index contributed by atoms with van der Waals surface area (Å²) in [7, 11) is 1.54. The van der Waals surface area contributed by atoms with E-state index in [4.69, 9.17) is 14.2 Å². The highest BCUT2D eigenvalue weighted by Crippen LogP contribution is 2.29. The number of benzene rings is 2. The first-order valence-electron chi connectivity index (χ1n) is 11.4. The highest BCUT2D eigenvalue weighted by Gasteiger charge is 2.26. The zero-order valence-electron chi connectivity index (χ0n) is 20.0. The first-order valence-corrected chi connectivity index (χ1v) is 12.4. The molecule has 0 saturated carbocycles. The number of amides is 2. The highest BCUT2D eigenvalue weighted by molar-refractivity contribution is 7.07. The molecule has 1 fully saturated rings. The Kier molecular flexibility index (Phi) is 7.99. The lowest BCUT2D eigenvalue weighted by atomic mass is 10.1. The van der Waals surface area contributed by atoms with Crippen LogP contribution < -0.4 is 14.8 Å². The molecule has 184 valence electrons. The van der Waals surface area contributed by atoms with Gasteiger partial charge < -0.3 is 24.4 Å². The monoisotopic (exact) mass is 495 g/mol. The fourth-order valence-electron chi connectivity index (χ4n) is 3.96. The molecular weight excluding hydrogens is 466 g/mol. The van der Waals surface area contributed by atoms with Gasteiger partial charge in [-0.05, 0) is 49.7 Å². The van der Waals surface area contributed by atoms with Gasteiger partial charge in [0.2, 0.25) is 0 Å². The lowest BCUT2D eigenvalue weighted by Crippen LogP contribution is -2.48. The van der Waals surface area contributed by atoms with Gasteiger partial charge in [-0.1, -0.05) is 12.1 Å². The topological polar surface area (TPSA) is 90.0 Å². The van der Waals surface area contributed by atoms with Gasteiger partial charge in [0.25, 0.3) is 11.8 Å². The number of thiazole rings is 1. The molecule has 1 aliphatic rings. The molecule has 35 heavy (non-hydrogen) atoms. The molecule has 1 saturated heterocycles. The second-order valence-corrected chi connectivity index (χ2v) is 9.20. The van der Waals surface area contributed by atoms with Crippen molar-refractivity contribution < 1.29 is 23.8 Å². The Morgan fingerprint density at radius 2 is 1.80 bits per heavy atom. The summed E-state index contributed by atoms with van der Waals surface area (Å²) in [6, 6.07) is 12.4. The molecule has 1 aromatic heterocycles. The van der Waals surface area contributed by atoms with Crippen molar-refractivity contribution in [1.82, 2.24) is 15.2 Å². The molecule has 4 rings (SSSR count). The molecule has 2 amide bonds. The molecule has 2 aromatic carbocycles. The Morgan fingerprint density at radius 1 is 1.09 bits per heavy atom. The van der Waals surface area contributed by atoms with Crippen LogP contribution in [0.1, 0.15) is 45.8 Å². The van der Waals surface area contributed by atoms with E-state index in [-0.39, 0.29) is 24.0 Å². The molecule has 2 atom stereocenters. The van der Waals surface area contributed by atoms with Crippen LogP contribution in [0.2, 0.25) is 0 Å². The van der Waals surface area contributed by atoms with Gasteiger partial charge in [-0.15, -0.1) is 11.3 Å². The van der Waals surface area contributed by atoms with E-state index in [0.717, 1.165) is 11.3 Å². The first-order chi connectivity index (χ1) is 16.9. The van der Waals surface area contributed by atoms with E-state index in [1.165, 1.54) is 18.4 Å². The summed E-state index contributed by atoms with van der Waals surface area (Å²) < 4.78 is 16.9. The lowest BCUT2D eigenvalue weighted by Gasteiger charge is -2.35. The third-order valence-electron chi connectivity index (χ3n) is 5.65. The average Bonchev–Trinajstić information content (AvgIpc) is 3.39. The number of hydrogen-bond acceptors (Lipinski definition) is 7. The molecule has 8 nitrogen and oxygen atoms in total. The number of methoxy groups -OCH3 is 1. The first kappa shape index (κ1) is 24.7. The van der Waals surface area contributed by atoms with Crippen molar-refractivity contribution in [1.29, 1.82) is 0 Å². The second-order valence-electron chi connectivity index (χ2n) is 8.48. The molecule has 0 spiro atoms. The predicted molar refractivity (Wildman–Crippen MR) is 133 cm³/mol. The molecule has 2 unspecified atom stereocenters. The largest absolute Gasteiger partial charge is 0.493 e. The Balaban J connectivity index is 1.32. The maximum atomic E-state index is 12.8. The summed E-state index contributed by atoms with van der Waals surface area (Å²) >= 11 is 1.50. The van der Waals surface area contributed by atoms with E-state index in [2.05, 4.69) is 10.3 Å². The lowest BCUT2D eigenvalue weighted by molar-refractivity contribution is -0.0586. The van der Waals surface area contributed by atoms with Gasteiger partial charge in [-0.25, -0.2) is 4.98 Å². The number of carbonyl (C=O) groups is 2. The Bertz CT molecular complexity index is 1140. The van der Waals surface area contributed by atoms with E-state index >= 15 is 0 Å². The van der Waals surface area contributed by atoms with Crippen LogP contribution in [0.5, 0.6) is 11.5 Å². The minimum absolute atomic E-state index is 0.00762. The molecule has 1 N–H and O–H groups in total. The van der Waals surface area contributed by atoms with Crippen molar-refractivity contribution in [3.63, 3.8) is 0 Å². The fourth-order valence-corrected chi connectivity index (χ4v) is 4.51. The molecule has 0 radical (unpaired) electrons. The quantitative estimate of drug-likeness (QED) is 0.510. The minimum Gasteiger partial charge on any atom is -0.493 e. The number of carbonyl (C=O) groups excluding carboxylic acids is 2. The summed E-state index contributed by atoms with van der Waals surface area (Å²) in [5.74, 6) is 0.779. The standard InChI is InChI=1S/C26H29N3O5S/c1-17-12-29(13-18(2)34-17)26(31)20-6-4-19(5-7-20)11-27-25(30)21-8-9-23(24(10-21)32-3)33-14-22-15-35-16-28-22/h4-10,15-18H,11-14H2,1-3H3,(H,27,30).